The molecule has 0 unspecified atom stereocenters. The molecule has 0 radical (unpaired) electrons. The minimum atomic E-state index is 0.920. The standard InChI is InChI=1S/C53H31N3S/c1-2-10-32(11-3-1)39-14-9-15-41-40-25-23-37(30-48(40)57-53(39)41)34-19-20-36-29-38(24-21-35(36)28-34)55-45-17-8-12-33-22-26-43-51-42-13-4-5-16-44(42)56(49-18-6-7-27-54-49)46(51)31-47(55)52(43)50(33)45/h1-31H. The molecular weight excluding hydrogens is 711 g/mol. The van der Waals surface area contributed by atoms with E-state index >= 15 is 0 Å². The Morgan fingerprint density at radius 1 is 0.386 bits per heavy atom. The Kier molecular flexibility index (Phi) is 6.32. The van der Waals surface area contributed by atoms with Gasteiger partial charge in [-0.05, 0) is 98.4 Å². The zero-order valence-electron chi connectivity index (χ0n) is 30.6. The van der Waals surface area contributed by atoms with Gasteiger partial charge in [-0.3, -0.25) is 4.57 Å². The molecule has 0 spiro atoms. The number of nitrogens with zero attached hydrogens (tertiary/aromatic N) is 3. The molecule has 9 aromatic carbocycles. The minimum Gasteiger partial charge on any atom is -0.309 e. The Morgan fingerprint density at radius 2 is 1.12 bits per heavy atom. The fourth-order valence-corrected chi connectivity index (χ4v) is 10.9. The van der Waals surface area contributed by atoms with Crippen LogP contribution in [0.4, 0.5) is 0 Å². The average molecular weight is 742 g/mol. The third-order valence-corrected chi connectivity index (χ3v) is 13.3. The van der Waals surface area contributed by atoms with Crippen molar-refractivity contribution in [2.75, 3.05) is 0 Å². The molecule has 0 fully saturated rings. The van der Waals surface area contributed by atoms with Gasteiger partial charge in [0.15, 0.2) is 0 Å². The molecule has 13 rings (SSSR count). The molecule has 0 bridgehead atoms. The SMILES string of the molecule is c1ccc(-c2cccc3c2sc2cc(-c4ccc5cc(-n6c7cccc8ccc9c%10c%11ccccc%11n(-c%11ccccn%11)c%10cc6c9c87)ccc5c4)ccc23)cc1. The van der Waals surface area contributed by atoms with Gasteiger partial charge in [-0.25, -0.2) is 4.98 Å². The molecule has 4 heteroatoms. The van der Waals surface area contributed by atoms with Crippen molar-refractivity contribution in [2.24, 2.45) is 0 Å². The predicted octanol–water partition coefficient (Wildman–Crippen LogP) is 14.7. The molecule has 264 valence electrons. The molecule has 0 amide bonds. The Morgan fingerprint density at radius 3 is 2.05 bits per heavy atom. The van der Waals surface area contributed by atoms with E-state index in [2.05, 4.69) is 185 Å². The monoisotopic (exact) mass is 741 g/mol. The molecule has 0 aliphatic heterocycles. The molecule has 4 aromatic heterocycles. The minimum absolute atomic E-state index is 0.920. The number of fused-ring (bicyclic) bond motifs is 8. The predicted molar refractivity (Wildman–Crippen MR) is 243 cm³/mol. The number of hydrogen-bond donors (Lipinski definition) is 0. The molecular formula is C53H31N3S. The molecule has 0 N–H and O–H groups in total. The second kappa shape index (κ2) is 11.6. The summed E-state index contributed by atoms with van der Waals surface area (Å²) >= 11 is 1.89. The lowest BCUT2D eigenvalue weighted by molar-refractivity contribution is 1.08. The Hall–Kier alpha value is -7.27. The van der Waals surface area contributed by atoms with Gasteiger partial charge in [-0.2, -0.15) is 0 Å². The first kappa shape index (κ1) is 31.0. The van der Waals surface area contributed by atoms with E-state index in [4.69, 9.17) is 4.98 Å². The van der Waals surface area contributed by atoms with Crippen LogP contribution in [-0.2, 0) is 0 Å². The van der Waals surface area contributed by atoms with E-state index in [-0.39, 0.29) is 0 Å². The first-order chi connectivity index (χ1) is 28.3. The van der Waals surface area contributed by atoms with Crippen LogP contribution in [0.5, 0.6) is 0 Å². The summed E-state index contributed by atoms with van der Waals surface area (Å²) in [4.78, 5) is 4.83. The Balaban J connectivity index is 0.982. The lowest BCUT2D eigenvalue weighted by atomic mass is 9.98. The molecule has 0 saturated carbocycles. The van der Waals surface area contributed by atoms with Crippen LogP contribution in [-0.4, -0.2) is 14.1 Å². The van der Waals surface area contributed by atoms with E-state index in [1.165, 1.54) is 96.5 Å². The number of pyridine rings is 1. The van der Waals surface area contributed by atoms with Crippen LogP contribution in [0.25, 0.3) is 119 Å². The van der Waals surface area contributed by atoms with E-state index < -0.39 is 0 Å². The number of aromatic nitrogens is 3. The van der Waals surface area contributed by atoms with E-state index in [0.29, 0.717) is 0 Å². The third kappa shape index (κ3) is 4.39. The second-order valence-electron chi connectivity index (χ2n) is 15.1. The van der Waals surface area contributed by atoms with E-state index in [1.54, 1.807) is 0 Å². The van der Waals surface area contributed by atoms with Crippen molar-refractivity contribution in [3.8, 4) is 33.8 Å². The fourth-order valence-electron chi connectivity index (χ4n) is 9.59. The highest BCUT2D eigenvalue weighted by Crippen LogP contribution is 2.46. The van der Waals surface area contributed by atoms with Gasteiger partial charge < -0.3 is 4.57 Å². The van der Waals surface area contributed by atoms with Crippen molar-refractivity contribution in [3.63, 3.8) is 0 Å². The van der Waals surface area contributed by atoms with Gasteiger partial charge >= 0.3 is 0 Å². The molecule has 4 heterocycles. The molecule has 0 aliphatic carbocycles. The van der Waals surface area contributed by atoms with Gasteiger partial charge in [0.1, 0.15) is 5.82 Å². The zero-order chi connectivity index (χ0) is 37.2. The van der Waals surface area contributed by atoms with Gasteiger partial charge in [-0.15, -0.1) is 11.3 Å². The summed E-state index contributed by atoms with van der Waals surface area (Å²) in [6, 6.07) is 66.9. The normalized spacial score (nSPS) is 12.2. The number of para-hydroxylation sites is 1. The van der Waals surface area contributed by atoms with Crippen molar-refractivity contribution in [3.05, 3.63) is 188 Å². The summed E-state index contributed by atoms with van der Waals surface area (Å²) in [6.45, 7) is 0. The maximum Gasteiger partial charge on any atom is 0.137 e. The Bertz CT molecular complexity index is 3740. The number of hydrogen-bond acceptors (Lipinski definition) is 2. The molecule has 0 atom stereocenters. The van der Waals surface area contributed by atoms with Crippen LogP contribution in [0.15, 0.2) is 188 Å². The number of benzene rings is 9. The van der Waals surface area contributed by atoms with Crippen molar-refractivity contribution in [1.82, 2.24) is 14.1 Å². The molecule has 3 nitrogen and oxygen atoms in total. The van der Waals surface area contributed by atoms with Crippen LogP contribution < -0.4 is 0 Å². The van der Waals surface area contributed by atoms with Gasteiger partial charge in [0.05, 0.1) is 22.1 Å². The smallest absolute Gasteiger partial charge is 0.137 e. The first-order valence-corrected chi connectivity index (χ1v) is 20.3. The lowest BCUT2D eigenvalue weighted by Crippen LogP contribution is -1.97. The topological polar surface area (TPSA) is 22.8 Å². The highest BCUT2D eigenvalue weighted by atomic mass is 32.1. The summed E-state index contributed by atoms with van der Waals surface area (Å²) in [5.41, 5.74) is 10.9. The highest BCUT2D eigenvalue weighted by Gasteiger charge is 2.23. The van der Waals surface area contributed by atoms with Crippen LogP contribution in [0.3, 0.4) is 0 Å². The van der Waals surface area contributed by atoms with Crippen molar-refractivity contribution in [1.29, 1.82) is 0 Å². The summed E-state index contributed by atoms with van der Waals surface area (Å²) in [6.07, 6.45) is 1.88. The highest BCUT2D eigenvalue weighted by molar-refractivity contribution is 7.26. The molecule has 0 aliphatic rings. The first-order valence-electron chi connectivity index (χ1n) is 19.4. The van der Waals surface area contributed by atoms with Crippen LogP contribution in [0.1, 0.15) is 0 Å². The van der Waals surface area contributed by atoms with Crippen molar-refractivity contribution in [2.45, 2.75) is 0 Å². The van der Waals surface area contributed by atoms with Crippen LogP contribution in [0, 0.1) is 0 Å². The number of rotatable bonds is 4. The maximum absolute atomic E-state index is 4.83. The van der Waals surface area contributed by atoms with Crippen molar-refractivity contribution >= 4 is 96.7 Å². The van der Waals surface area contributed by atoms with E-state index in [1.807, 2.05) is 23.6 Å². The Labute approximate surface area is 331 Å². The number of thiophene rings is 1. The van der Waals surface area contributed by atoms with E-state index in [9.17, 15) is 0 Å². The van der Waals surface area contributed by atoms with Gasteiger partial charge in [0.2, 0.25) is 0 Å². The molecule has 57 heavy (non-hydrogen) atoms. The summed E-state index contributed by atoms with van der Waals surface area (Å²) in [7, 11) is 0. The van der Waals surface area contributed by atoms with Crippen LogP contribution in [0.2, 0.25) is 0 Å². The fraction of sp³-hybridized carbons (Fsp3) is 0. The van der Waals surface area contributed by atoms with Gasteiger partial charge in [0.25, 0.3) is 0 Å². The average Bonchev–Trinajstić information content (AvgIpc) is 3.93. The summed E-state index contributed by atoms with van der Waals surface area (Å²) < 4.78 is 7.45. The third-order valence-electron chi connectivity index (χ3n) is 12.1. The zero-order valence-corrected chi connectivity index (χ0v) is 31.5. The molecule has 0 saturated heterocycles. The largest absolute Gasteiger partial charge is 0.309 e. The van der Waals surface area contributed by atoms with Crippen LogP contribution >= 0.6 is 11.3 Å². The second-order valence-corrected chi connectivity index (χ2v) is 16.2. The summed E-state index contributed by atoms with van der Waals surface area (Å²) in [5.74, 6) is 0.920. The summed E-state index contributed by atoms with van der Waals surface area (Å²) in [5, 5.41) is 12.7. The van der Waals surface area contributed by atoms with E-state index in [0.717, 1.165) is 22.5 Å². The quantitative estimate of drug-likeness (QED) is 0.165. The van der Waals surface area contributed by atoms with Gasteiger partial charge in [0, 0.05) is 53.6 Å². The lowest BCUT2D eigenvalue weighted by Gasteiger charge is -2.12. The van der Waals surface area contributed by atoms with Crippen molar-refractivity contribution < 1.29 is 0 Å². The van der Waals surface area contributed by atoms with Gasteiger partial charge in [-0.1, -0.05) is 127 Å². The molecule has 13 aromatic rings. The maximum atomic E-state index is 4.83.